The van der Waals surface area contributed by atoms with Crippen molar-refractivity contribution < 1.29 is 13.5 Å². The topological polar surface area (TPSA) is 80.4 Å². The molecule has 108 valence electrons. The lowest BCUT2D eigenvalue weighted by Crippen LogP contribution is -2.17. The minimum absolute atomic E-state index is 0.369. The van der Waals surface area contributed by atoms with Crippen LogP contribution < -0.4 is 5.14 Å². The molecular weight excluding hydrogens is 262 g/mol. The predicted molar refractivity (Wildman–Crippen MR) is 76.0 cm³/mol. The van der Waals surface area contributed by atoms with Gasteiger partial charge in [-0.05, 0) is 56.1 Å². The van der Waals surface area contributed by atoms with E-state index in [-0.39, 0.29) is 0 Å². The average molecular weight is 285 g/mol. The van der Waals surface area contributed by atoms with Gasteiger partial charge in [-0.15, -0.1) is 0 Å². The first-order valence-electron chi connectivity index (χ1n) is 7.16. The molecule has 0 unspecified atom stereocenters. The molecular formula is C14H23NO3S. The van der Waals surface area contributed by atoms with E-state index in [0.717, 1.165) is 62.5 Å². The third-order valence-electron chi connectivity index (χ3n) is 4.06. The Morgan fingerprint density at radius 1 is 0.789 bits per heavy atom. The number of rotatable bonds is 2. The molecule has 0 saturated heterocycles. The Kier molecular flexibility index (Phi) is 4.68. The van der Waals surface area contributed by atoms with Crippen LogP contribution in [-0.4, -0.2) is 13.5 Å². The van der Waals surface area contributed by atoms with Crippen LogP contribution in [0.5, 0.6) is 0 Å². The van der Waals surface area contributed by atoms with E-state index in [0.29, 0.717) is 23.5 Å². The Hall–Kier alpha value is -0.810. The summed E-state index contributed by atoms with van der Waals surface area (Å²) in [6.07, 6.45) is 8.64. The van der Waals surface area contributed by atoms with Crippen LogP contribution in [0, 0.1) is 0 Å². The summed E-state index contributed by atoms with van der Waals surface area (Å²) in [5.74, 6) is 0.385. The monoisotopic (exact) mass is 285 g/mol. The summed E-state index contributed by atoms with van der Waals surface area (Å²) in [7, 11) is -3.65. The van der Waals surface area contributed by atoms with Crippen molar-refractivity contribution in [1.82, 2.24) is 0 Å². The summed E-state index contributed by atoms with van der Waals surface area (Å²) in [5.41, 5.74) is 1.68. The predicted octanol–water partition coefficient (Wildman–Crippen LogP) is 3.27. The van der Waals surface area contributed by atoms with Crippen LogP contribution in [0.1, 0.15) is 64.2 Å². The molecule has 0 aromatic rings. The molecule has 2 aliphatic rings. The maximum atomic E-state index is 11.8. The SMILES string of the molecule is NS(=O)(=O)C1=C(C2=C(O)CCCCC2)CCCCC1. The number of primary sulfonamides is 1. The van der Waals surface area contributed by atoms with Crippen molar-refractivity contribution in [2.24, 2.45) is 5.14 Å². The molecule has 5 heteroatoms. The van der Waals surface area contributed by atoms with Crippen LogP contribution in [0.3, 0.4) is 0 Å². The fraction of sp³-hybridized carbons (Fsp3) is 0.714. The van der Waals surface area contributed by atoms with Crippen LogP contribution in [0.15, 0.2) is 21.8 Å². The lowest BCUT2D eigenvalue weighted by molar-refractivity contribution is 0.380. The second-order valence-corrected chi connectivity index (χ2v) is 7.08. The Morgan fingerprint density at radius 2 is 1.32 bits per heavy atom. The zero-order valence-electron chi connectivity index (χ0n) is 11.3. The molecule has 2 rings (SSSR count). The van der Waals surface area contributed by atoms with Gasteiger partial charge in [0.05, 0.1) is 10.7 Å². The largest absolute Gasteiger partial charge is 0.512 e. The standard InChI is InChI=1S/C14H23NO3S/c15-19(17,18)14-10-6-2-4-8-12(14)11-7-3-1-5-9-13(11)16/h16H,1-10H2,(H2,15,17,18). The van der Waals surface area contributed by atoms with E-state index in [1.165, 1.54) is 0 Å². The molecule has 2 aliphatic carbocycles. The molecule has 0 aromatic heterocycles. The average Bonchev–Trinajstić information content (AvgIpc) is 2.67. The normalized spacial score (nSPS) is 23.2. The minimum Gasteiger partial charge on any atom is -0.512 e. The molecule has 0 amide bonds. The van der Waals surface area contributed by atoms with Crippen LogP contribution in [-0.2, 0) is 10.0 Å². The van der Waals surface area contributed by atoms with Crippen molar-refractivity contribution in [2.45, 2.75) is 64.2 Å². The third-order valence-corrected chi connectivity index (χ3v) is 5.20. The summed E-state index contributed by atoms with van der Waals surface area (Å²) in [6, 6.07) is 0. The summed E-state index contributed by atoms with van der Waals surface area (Å²) in [4.78, 5) is 0.369. The van der Waals surface area contributed by atoms with Crippen molar-refractivity contribution >= 4 is 10.0 Å². The second kappa shape index (κ2) is 6.09. The molecule has 0 fully saturated rings. The number of aliphatic hydroxyl groups is 1. The van der Waals surface area contributed by atoms with E-state index in [4.69, 9.17) is 5.14 Å². The molecule has 0 radical (unpaired) electrons. The van der Waals surface area contributed by atoms with Crippen LogP contribution in [0.4, 0.5) is 0 Å². The third kappa shape index (κ3) is 3.60. The van der Waals surface area contributed by atoms with Gasteiger partial charge in [-0.2, -0.15) is 0 Å². The van der Waals surface area contributed by atoms with Gasteiger partial charge < -0.3 is 5.11 Å². The van der Waals surface area contributed by atoms with Gasteiger partial charge in [-0.1, -0.05) is 12.8 Å². The highest BCUT2D eigenvalue weighted by Gasteiger charge is 2.24. The van der Waals surface area contributed by atoms with Gasteiger partial charge in [-0.25, -0.2) is 13.6 Å². The van der Waals surface area contributed by atoms with E-state index in [2.05, 4.69) is 0 Å². The Morgan fingerprint density at radius 3 is 1.95 bits per heavy atom. The molecule has 0 saturated carbocycles. The first-order chi connectivity index (χ1) is 9.00. The van der Waals surface area contributed by atoms with Crippen molar-refractivity contribution in [3.8, 4) is 0 Å². The first kappa shape index (κ1) is 14.6. The minimum atomic E-state index is -3.65. The van der Waals surface area contributed by atoms with E-state index >= 15 is 0 Å². The van der Waals surface area contributed by atoms with E-state index in [1.807, 2.05) is 0 Å². The number of sulfonamides is 1. The summed E-state index contributed by atoms with van der Waals surface area (Å²) < 4.78 is 23.6. The molecule has 0 heterocycles. The smallest absolute Gasteiger partial charge is 0.234 e. The zero-order valence-corrected chi connectivity index (χ0v) is 12.1. The first-order valence-corrected chi connectivity index (χ1v) is 8.71. The van der Waals surface area contributed by atoms with E-state index in [9.17, 15) is 13.5 Å². The molecule has 19 heavy (non-hydrogen) atoms. The molecule has 4 nitrogen and oxygen atoms in total. The fourth-order valence-corrected chi connectivity index (χ4v) is 4.08. The van der Waals surface area contributed by atoms with Gasteiger partial charge in [0.25, 0.3) is 0 Å². The van der Waals surface area contributed by atoms with Crippen molar-refractivity contribution in [3.05, 3.63) is 21.8 Å². The Balaban J connectivity index is 2.49. The molecule has 0 aromatic carbocycles. The van der Waals surface area contributed by atoms with E-state index in [1.54, 1.807) is 0 Å². The highest BCUT2D eigenvalue weighted by atomic mass is 32.2. The lowest BCUT2D eigenvalue weighted by atomic mass is 9.96. The lowest BCUT2D eigenvalue weighted by Gasteiger charge is -2.15. The number of aliphatic hydroxyl groups excluding tert-OH is 1. The Labute approximate surface area is 115 Å². The van der Waals surface area contributed by atoms with Gasteiger partial charge in [0.2, 0.25) is 10.0 Å². The maximum Gasteiger partial charge on any atom is 0.234 e. The number of hydrogen-bond acceptors (Lipinski definition) is 3. The van der Waals surface area contributed by atoms with Crippen molar-refractivity contribution in [1.29, 1.82) is 0 Å². The van der Waals surface area contributed by atoms with Gasteiger partial charge in [-0.3, -0.25) is 0 Å². The van der Waals surface area contributed by atoms with Gasteiger partial charge in [0.15, 0.2) is 0 Å². The maximum absolute atomic E-state index is 11.8. The molecule has 3 N–H and O–H groups in total. The highest BCUT2D eigenvalue weighted by Crippen LogP contribution is 2.36. The van der Waals surface area contributed by atoms with E-state index < -0.39 is 10.0 Å². The summed E-state index contributed by atoms with van der Waals surface area (Å²) >= 11 is 0. The summed E-state index contributed by atoms with van der Waals surface area (Å²) in [5, 5.41) is 15.6. The van der Waals surface area contributed by atoms with Crippen molar-refractivity contribution in [3.63, 3.8) is 0 Å². The van der Waals surface area contributed by atoms with Gasteiger partial charge in [0, 0.05) is 6.42 Å². The summed E-state index contributed by atoms with van der Waals surface area (Å²) in [6.45, 7) is 0. The van der Waals surface area contributed by atoms with Gasteiger partial charge in [0.1, 0.15) is 0 Å². The van der Waals surface area contributed by atoms with Gasteiger partial charge >= 0.3 is 0 Å². The van der Waals surface area contributed by atoms with Crippen LogP contribution in [0.2, 0.25) is 0 Å². The molecule has 0 atom stereocenters. The van der Waals surface area contributed by atoms with Crippen LogP contribution in [0.25, 0.3) is 0 Å². The van der Waals surface area contributed by atoms with Crippen molar-refractivity contribution in [2.75, 3.05) is 0 Å². The Bertz CT molecular complexity index is 503. The highest BCUT2D eigenvalue weighted by molar-refractivity contribution is 7.93. The molecule has 0 aliphatic heterocycles. The fourth-order valence-electron chi connectivity index (χ4n) is 3.08. The zero-order chi connectivity index (χ0) is 13.9. The molecule has 0 bridgehead atoms. The quantitative estimate of drug-likeness (QED) is 0.817. The number of allylic oxidation sites excluding steroid dienone is 4. The number of hydrogen-bond donors (Lipinski definition) is 2. The van der Waals surface area contributed by atoms with Crippen LogP contribution >= 0.6 is 0 Å². The second-order valence-electron chi connectivity index (χ2n) is 5.49. The number of nitrogens with two attached hydrogens (primary N) is 1. The molecule has 0 spiro atoms.